The highest BCUT2D eigenvalue weighted by molar-refractivity contribution is 5.81. The minimum atomic E-state index is -0.0692. The molecule has 0 aromatic carbocycles. The first kappa shape index (κ1) is 13.4. The molecular formula is C11H24N2O. The van der Waals surface area contributed by atoms with Gasteiger partial charge in [0.15, 0.2) is 0 Å². The van der Waals surface area contributed by atoms with Gasteiger partial charge in [0, 0.05) is 6.54 Å². The Morgan fingerprint density at radius 1 is 1.29 bits per heavy atom. The molecule has 0 rings (SSSR count). The van der Waals surface area contributed by atoms with Crippen LogP contribution >= 0.6 is 0 Å². The number of carbonyl (C=O) groups is 1. The van der Waals surface area contributed by atoms with E-state index in [4.69, 9.17) is 0 Å². The van der Waals surface area contributed by atoms with Crippen molar-refractivity contribution in [2.45, 2.75) is 46.6 Å². The second kappa shape index (κ2) is 7.80. The number of nitrogens with one attached hydrogen (secondary N) is 2. The van der Waals surface area contributed by atoms with Crippen LogP contribution < -0.4 is 10.6 Å². The van der Waals surface area contributed by atoms with Crippen molar-refractivity contribution in [3.63, 3.8) is 0 Å². The molecule has 84 valence electrons. The van der Waals surface area contributed by atoms with Crippen LogP contribution in [0.15, 0.2) is 0 Å². The number of hydrogen-bond donors (Lipinski definition) is 2. The predicted molar refractivity (Wildman–Crippen MR) is 60.2 cm³/mol. The number of hydrogen-bond acceptors (Lipinski definition) is 2. The third-order valence-corrected chi connectivity index (χ3v) is 2.06. The lowest BCUT2D eigenvalue weighted by Gasteiger charge is -2.14. The topological polar surface area (TPSA) is 41.1 Å². The predicted octanol–water partition coefficient (Wildman–Crippen LogP) is 1.54. The molecule has 3 heteroatoms. The van der Waals surface area contributed by atoms with Gasteiger partial charge < -0.3 is 10.6 Å². The van der Waals surface area contributed by atoms with Crippen molar-refractivity contribution in [2.75, 3.05) is 13.1 Å². The monoisotopic (exact) mass is 200 g/mol. The first-order valence-corrected chi connectivity index (χ1v) is 5.59. The Hall–Kier alpha value is -0.570. The molecular weight excluding hydrogens is 176 g/mol. The fourth-order valence-corrected chi connectivity index (χ4v) is 1.05. The van der Waals surface area contributed by atoms with Crippen molar-refractivity contribution in [2.24, 2.45) is 5.92 Å². The summed E-state index contributed by atoms with van der Waals surface area (Å²) in [6.45, 7) is 9.92. The zero-order chi connectivity index (χ0) is 11.0. The van der Waals surface area contributed by atoms with Crippen molar-refractivity contribution < 1.29 is 4.79 Å². The van der Waals surface area contributed by atoms with E-state index in [1.54, 1.807) is 0 Å². The molecule has 0 aliphatic carbocycles. The molecule has 1 unspecified atom stereocenters. The first-order valence-electron chi connectivity index (χ1n) is 5.59. The van der Waals surface area contributed by atoms with E-state index in [-0.39, 0.29) is 11.9 Å². The maximum atomic E-state index is 11.5. The molecule has 0 aromatic rings. The first-order chi connectivity index (χ1) is 6.57. The summed E-state index contributed by atoms with van der Waals surface area (Å²) in [7, 11) is 0. The molecule has 0 aliphatic rings. The molecule has 0 aliphatic heterocycles. The lowest BCUT2D eigenvalue weighted by atomic mass is 10.2. The van der Waals surface area contributed by atoms with E-state index in [0.29, 0.717) is 5.92 Å². The zero-order valence-corrected chi connectivity index (χ0v) is 9.89. The van der Waals surface area contributed by atoms with Gasteiger partial charge in [0.1, 0.15) is 0 Å². The summed E-state index contributed by atoms with van der Waals surface area (Å²) in [5.74, 6) is 0.622. The summed E-state index contributed by atoms with van der Waals surface area (Å²) in [6, 6.07) is -0.0692. The van der Waals surface area contributed by atoms with Gasteiger partial charge in [-0.2, -0.15) is 0 Å². The highest BCUT2D eigenvalue weighted by atomic mass is 16.2. The van der Waals surface area contributed by atoms with Crippen LogP contribution in [0.5, 0.6) is 0 Å². The fraction of sp³-hybridized carbons (Fsp3) is 0.909. The summed E-state index contributed by atoms with van der Waals surface area (Å²) in [6.07, 6.45) is 2.29. The van der Waals surface area contributed by atoms with Crippen molar-refractivity contribution in [3.8, 4) is 0 Å². The smallest absolute Gasteiger partial charge is 0.236 e. The second-order valence-corrected chi connectivity index (χ2v) is 4.17. The lowest BCUT2D eigenvalue weighted by Crippen LogP contribution is -2.43. The lowest BCUT2D eigenvalue weighted by molar-refractivity contribution is -0.122. The molecule has 0 radical (unpaired) electrons. The fourth-order valence-electron chi connectivity index (χ4n) is 1.05. The van der Waals surface area contributed by atoms with Gasteiger partial charge >= 0.3 is 0 Å². The van der Waals surface area contributed by atoms with Crippen LogP contribution in [-0.2, 0) is 4.79 Å². The van der Waals surface area contributed by atoms with Crippen LogP contribution in [-0.4, -0.2) is 25.0 Å². The molecule has 0 bridgehead atoms. The Morgan fingerprint density at radius 3 is 2.43 bits per heavy atom. The van der Waals surface area contributed by atoms with Crippen molar-refractivity contribution in [3.05, 3.63) is 0 Å². The van der Waals surface area contributed by atoms with Gasteiger partial charge in [-0.15, -0.1) is 0 Å². The van der Waals surface area contributed by atoms with Gasteiger partial charge in [-0.05, 0) is 25.8 Å². The van der Waals surface area contributed by atoms with Gasteiger partial charge in [0.2, 0.25) is 5.91 Å². The van der Waals surface area contributed by atoms with E-state index >= 15 is 0 Å². The second-order valence-electron chi connectivity index (χ2n) is 4.17. The maximum absolute atomic E-state index is 11.5. The molecule has 1 amide bonds. The molecule has 0 spiro atoms. The third-order valence-electron chi connectivity index (χ3n) is 2.06. The Labute approximate surface area is 87.6 Å². The quantitative estimate of drug-likeness (QED) is 0.612. The van der Waals surface area contributed by atoms with Crippen LogP contribution in [0.3, 0.4) is 0 Å². The largest absolute Gasteiger partial charge is 0.354 e. The molecule has 0 heterocycles. The van der Waals surface area contributed by atoms with Gasteiger partial charge in [-0.3, -0.25) is 4.79 Å². The van der Waals surface area contributed by atoms with E-state index in [2.05, 4.69) is 31.4 Å². The molecule has 0 fully saturated rings. The van der Waals surface area contributed by atoms with Gasteiger partial charge in [0.05, 0.1) is 6.04 Å². The van der Waals surface area contributed by atoms with Crippen LogP contribution in [0.1, 0.15) is 40.5 Å². The number of unbranched alkanes of at least 4 members (excludes halogenated alkanes) is 1. The van der Waals surface area contributed by atoms with Crippen LogP contribution in [0.2, 0.25) is 0 Å². The van der Waals surface area contributed by atoms with Crippen LogP contribution in [0.25, 0.3) is 0 Å². The summed E-state index contributed by atoms with van der Waals surface area (Å²) in [5, 5.41) is 6.10. The molecule has 14 heavy (non-hydrogen) atoms. The Kier molecular flexibility index (Phi) is 7.48. The normalized spacial score (nSPS) is 12.9. The molecule has 0 saturated carbocycles. The minimum absolute atomic E-state index is 0.0692. The molecule has 0 aromatic heterocycles. The highest BCUT2D eigenvalue weighted by Gasteiger charge is 2.10. The summed E-state index contributed by atoms with van der Waals surface area (Å²) >= 11 is 0. The third kappa shape index (κ3) is 6.89. The average molecular weight is 200 g/mol. The Morgan fingerprint density at radius 2 is 1.93 bits per heavy atom. The van der Waals surface area contributed by atoms with Crippen LogP contribution in [0.4, 0.5) is 0 Å². The van der Waals surface area contributed by atoms with Crippen molar-refractivity contribution in [1.82, 2.24) is 10.6 Å². The SMILES string of the molecule is CCCCNC(C)C(=O)NCC(C)C. The molecule has 3 nitrogen and oxygen atoms in total. The zero-order valence-electron chi connectivity index (χ0n) is 9.89. The van der Waals surface area contributed by atoms with Crippen molar-refractivity contribution in [1.29, 1.82) is 0 Å². The van der Waals surface area contributed by atoms with E-state index in [1.165, 1.54) is 0 Å². The number of amides is 1. The van der Waals surface area contributed by atoms with Gasteiger partial charge in [-0.1, -0.05) is 27.2 Å². The van der Waals surface area contributed by atoms with Crippen LogP contribution in [0, 0.1) is 5.92 Å². The Balaban J connectivity index is 3.54. The molecule has 2 N–H and O–H groups in total. The highest BCUT2D eigenvalue weighted by Crippen LogP contribution is 1.90. The molecule has 1 atom stereocenters. The number of rotatable bonds is 7. The molecule has 0 saturated heterocycles. The summed E-state index contributed by atoms with van der Waals surface area (Å²) in [5.41, 5.74) is 0. The van der Waals surface area contributed by atoms with E-state index in [1.807, 2.05) is 6.92 Å². The van der Waals surface area contributed by atoms with E-state index in [0.717, 1.165) is 25.9 Å². The summed E-state index contributed by atoms with van der Waals surface area (Å²) in [4.78, 5) is 11.5. The maximum Gasteiger partial charge on any atom is 0.236 e. The summed E-state index contributed by atoms with van der Waals surface area (Å²) < 4.78 is 0. The van der Waals surface area contributed by atoms with E-state index in [9.17, 15) is 4.79 Å². The minimum Gasteiger partial charge on any atom is -0.354 e. The van der Waals surface area contributed by atoms with Gasteiger partial charge in [0.25, 0.3) is 0 Å². The van der Waals surface area contributed by atoms with Gasteiger partial charge in [-0.25, -0.2) is 0 Å². The average Bonchev–Trinajstić information content (AvgIpc) is 2.14. The van der Waals surface area contributed by atoms with Crippen molar-refractivity contribution >= 4 is 5.91 Å². The van der Waals surface area contributed by atoms with E-state index < -0.39 is 0 Å². The Bertz CT molecular complexity index is 157. The standard InChI is InChI=1S/C11H24N2O/c1-5-6-7-12-10(4)11(14)13-8-9(2)3/h9-10,12H,5-8H2,1-4H3,(H,13,14). The number of carbonyl (C=O) groups excluding carboxylic acids is 1.